The van der Waals surface area contributed by atoms with E-state index in [-0.39, 0.29) is 35.6 Å². The Morgan fingerprint density at radius 3 is 2.70 bits per heavy atom. The van der Waals surface area contributed by atoms with Crippen molar-refractivity contribution in [2.45, 2.75) is 36.9 Å². The van der Waals surface area contributed by atoms with E-state index in [2.05, 4.69) is 4.98 Å². The first kappa shape index (κ1) is 20.0. The zero-order chi connectivity index (χ0) is 15.8. The zero-order valence-corrected chi connectivity index (χ0v) is 15.2. The molecule has 8 heteroatoms. The quantitative estimate of drug-likeness (QED) is 0.381. The molecular formula is C15H17CoNO4S2+2. The molecule has 0 saturated carbocycles. The summed E-state index contributed by atoms with van der Waals surface area (Å²) in [6, 6.07) is 7.72. The fourth-order valence-corrected chi connectivity index (χ4v) is 3.20. The Bertz CT molecular complexity index is 614. The van der Waals surface area contributed by atoms with E-state index in [1.54, 1.807) is 0 Å². The van der Waals surface area contributed by atoms with Crippen LogP contribution in [0.4, 0.5) is 0 Å². The van der Waals surface area contributed by atoms with Crippen LogP contribution in [0.3, 0.4) is 0 Å². The van der Waals surface area contributed by atoms with E-state index >= 15 is 0 Å². The fraction of sp³-hybridized carbons (Fsp3) is 0.400. The average molecular weight is 398 g/mol. The third kappa shape index (κ3) is 6.90. The summed E-state index contributed by atoms with van der Waals surface area (Å²) in [6.45, 7) is 2.43. The van der Waals surface area contributed by atoms with E-state index in [0.29, 0.717) is 10.9 Å². The van der Waals surface area contributed by atoms with E-state index in [4.69, 9.17) is 8.92 Å². The van der Waals surface area contributed by atoms with Crippen molar-refractivity contribution in [3.8, 4) is 0 Å². The first-order valence-electron chi connectivity index (χ1n) is 7.07. The second-order valence-corrected chi connectivity index (χ2v) is 6.57. The number of benzene rings is 1. The van der Waals surface area contributed by atoms with Crippen molar-refractivity contribution >= 4 is 45.5 Å². The molecule has 0 amide bonds. The second kappa shape index (κ2) is 10.6. The molecule has 2 aromatic rings. The number of ether oxygens (including phenoxy) is 1. The summed E-state index contributed by atoms with van der Waals surface area (Å²) in [4.78, 5) is 27.3. The number of hydrogen-bond donors (Lipinski definition) is 0. The van der Waals surface area contributed by atoms with E-state index in [1.807, 2.05) is 31.2 Å². The fourth-order valence-electron chi connectivity index (χ4n) is 1.62. The van der Waals surface area contributed by atoms with Gasteiger partial charge >= 0.3 is 28.7 Å². The van der Waals surface area contributed by atoms with Crippen LogP contribution in [-0.2, 0) is 35.3 Å². The molecule has 2 rings (SSSR count). The Kier molecular flexibility index (Phi) is 9.23. The van der Waals surface area contributed by atoms with Crippen molar-refractivity contribution in [3.05, 3.63) is 24.3 Å². The summed E-state index contributed by atoms with van der Waals surface area (Å²) >= 11 is 2.39. The zero-order valence-electron chi connectivity index (χ0n) is 12.6. The third-order valence-electron chi connectivity index (χ3n) is 2.77. The van der Waals surface area contributed by atoms with Gasteiger partial charge in [-0.1, -0.05) is 25.5 Å². The van der Waals surface area contributed by atoms with Gasteiger partial charge in [-0.15, -0.1) is 11.3 Å². The van der Waals surface area contributed by atoms with Crippen LogP contribution in [-0.4, -0.2) is 23.5 Å². The van der Waals surface area contributed by atoms with Crippen molar-refractivity contribution in [3.63, 3.8) is 0 Å². The third-order valence-corrected chi connectivity index (χ3v) is 4.56. The molecule has 1 radical (unpaired) electrons. The molecule has 5 nitrogen and oxygen atoms in total. The Morgan fingerprint density at radius 1 is 1.22 bits per heavy atom. The minimum absolute atomic E-state index is 0. The van der Waals surface area contributed by atoms with Gasteiger partial charge in [0.05, 0.1) is 29.7 Å². The molecule has 0 bridgehead atoms. The van der Waals surface area contributed by atoms with Crippen LogP contribution in [0.25, 0.3) is 10.2 Å². The topological polar surface area (TPSA) is 65.5 Å². The predicted octanol–water partition coefficient (Wildman–Crippen LogP) is 3.97. The van der Waals surface area contributed by atoms with Crippen molar-refractivity contribution in [1.29, 1.82) is 0 Å². The predicted molar refractivity (Wildman–Crippen MR) is 86.7 cm³/mol. The van der Waals surface area contributed by atoms with Gasteiger partial charge in [0.15, 0.2) is 4.34 Å². The molecule has 0 aliphatic heterocycles. The van der Waals surface area contributed by atoms with Gasteiger partial charge in [-0.25, -0.2) is 4.98 Å². The van der Waals surface area contributed by atoms with Gasteiger partial charge in [0, 0.05) is 0 Å². The number of thiazole rings is 1. The number of carbonyl (C=O) groups is 2. The number of unbranched alkanes of at least 4 members (excludes halogenated alkanes) is 1. The SMILES string of the molecule is CCCCOC(=O)CCC(=O)OSc1nc2ccccc2s1.[Co+2]. The van der Waals surface area contributed by atoms with Gasteiger partial charge in [-0.05, 0) is 18.6 Å². The maximum Gasteiger partial charge on any atom is 2.00 e. The number of esters is 1. The first-order valence-corrected chi connectivity index (χ1v) is 8.63. The summed E-state index contributed by atoms with van der Waals surface area (Å²) in [6.07, 6.45) is 1.86. The smallest absolute Gasteiger partial charge is 0.466 e. The molecule has 0 aliphatic rings. The van der Waals surface area contributed by atoms with Crippen molar-refractivity contribution in [2.24, 2.45) is 0 Å². The second-order valence-electron chi connectivity index (χ2n) is 4.56. The molecule has 0 saturated heterocycles. The van der Waals surface area contributed by atoms with E-state index < -0.39 is 5.97 Å². The maximum atomic E-state index is 11.6. The molecule has 0 N–H and O–H groups in total. The number of rotatable bonds is 8. The Morgan fingerprint density at radius 2 is 1.96 bits per heavy atom. The largest absolute Gasteiger partial charge is 2.00 e. The van der Waals surface area contributed by atoms with Crippen molar-refractivity contribution in [1.82, 2.24) is 4.98 Å². The Hall–Kier alpha value is -1.09. The van der Waals surface area contributed by atoms with Crippen LogP contribution in [0.2, 0.25) is 0 Å². The number of aromatic nitrogens is 1. The van der Waals surface area contributed by atoms with Gasteiger partial charge in [-0.2, -0.15) is 0 Å². The van der Waals surface area contributed by atoms with Gasteiger partial charge in [0.2, 0.25) is 0 Å². The number of para-hydroxylation sites is 1. The molecule has 0 spiro atoms. The maximum absolute atomic E-state index is 11.6. The minimum Gasteiger partial charge on any atom is -0.466 e. The molecule has 23 heavy (non-hydrogen) atoms. The van der Waals surface area contributed by atoms with Crippen LogP contribution in [0.15, 0.2) is 28.6 Å². The molecule has 0 atom stereocenters. The summed E-state index contributed by atoms with van der Waals surface area (Å²) in [5.41, 5.74) is 0.880. The van der Waals surface area contributed by atoms with Crippen molar-refractivity contribution < 1.29 is 35.3 Å². The monoisotopic (exact) mass is 398 g/mol. The molecule has 125 valence electrons. The molecule has 1 aromatic heterocycles. The van der Waals surface area contributed by atoms with E-state index in [1.165, 1.54) is 11.3 Å². The Labute approximate surface area is 153 Å². The van der Waals surface area contributed by atoms with Gasteiger partial charge in [-0.3, -0.25) is 9.59 Å². The molecule has 1 heterocycles. The Balaban J connectivity index is 0.00000264. The molecule has 0 unspecified atom stereocenters. The summed E-state index contributed by atoms with van der Waals surface area (Å²) in [5, 5.41) is 0. The van der Waals surface area contributed by atoms with Gasteiger partial charge < -0.3 is 8.92 Å². The number of hydrogen-bond acceptors (Lipinski definition) is 7. The molecular weight excluding hydrogens is 381 g/mol. The van der Waals surface area contributed by atoms with Crippen LogP contribution < -0.4 is 0 Å². The summed E-state index contributed by atoms with van der Waals surface area (Å²) in [7, 11) is 0. The standard InChI is InChI=1S/C15H17NO4S2.Co/c1-2-3-10-19-13(17)8-9-14(18)20-22-15-16-11-6-4-5-7-12(11)21-15;/h4-7H,2-3,8-10H2,1H3;/q;+2. The first-order chi connectivity index (χ1) is 10.7. The number of nitrogens with zero attached hydrogens (tertiary/aromatic N) is 1. The van der Waals surface area contributed by atoms with Crippen LogP contribution in [0.1, 0.15) is 32.6 Å². The van der Waals surface area contributed by atoms with E-state index in [9.17, 15) is 9.59 Å². The molecule has 0 aliphatic carbocycles. The normalized spacial score (nSPS) is 10.1. The summed E-state index contributed by atoms with van der Waals surface area (Å²) < 4.78 is 11.7. The average Bonchev–Trinajstić information content (AvgIpc) is 2.94. The van der Waals surface area contributed by atoms with Crippen molar-refractivity contribution in [2.75, 3.05) is 6.61 Å². The van der Waals surface area contributed by atoms with Crippen LogP contribution in [0, 0.1) is 0 Å². The summed E-state index contributed by atoms with van der Waals surface area (Å²) in [5.74, 6) is -0.813. The minimum atomic E-state index is -0.448. The number of carbonyl (C=O) groups excluding carboxylic acids is 2. The van der Waals surface area contributed by atoms with Crippen LogP contribution in [0.5, 0.6) is 0 Å². The van der Waals surface area contributed by atoms with Gasteiger partial charge in [0.25, 0.3) is 0 Å². The molecule has 1 aromatic carbocycles. The van der Waals surface area contributed by atoms with Gasteiger partial charge in [0.1, 0.15) is 12.0 Å². The van der Waals surface area contributed by atoms with E-state index in [0.717, 1.165) is 35.1 Å². The number of fused-ring (bicyclic) bond motifs is 1. The molecule has 0 fully saturated rings. The van der Waals surface area contributed by atoms with Crippen LogP contribution >= 0.6 is 23.4 Å².